The van der Waals surface area contributed by atoms with Gasteiger partial charge in [-0.25, -0.2) is 9.18 Å². The molecule has 1 aliphatic rings. The highest BCUT2D eigenvalue weighted by molar-refractivity contribution is 6.04. The van der Waals surface area contributed by atoms with E-state index in [1.807, 2.05) is 18.4 Å². The predicted molar refractivity (Wildman–Crippen MR) is 102 cm³/mol. The van der Waals surface area contributed by atoms with Crippen molar-refractivity contribution in [1.29, 1.82) is 0 Å². The summed E-state index contributed by atoms with van der Waals surface area (Å²) in [5.41, 5.74) is 3.24. The molecule has 7 heteroatoms. The van der Waals surface area contributed by atoms with Gasteiger partial charge in [0.2, 0.25) is 11.9 Å². The first-order chi connectivity index (χ1) is 13.4. The second-order valence-corrected chi connectivity index (χ2v) is 6.56. The van der Waals surface area contributed by atoms with Gasteiger partial charge >= 0.3 is 5.97 Å². The summed E-state index contributed by atoms with van der Waals surface area (Å²) in [4.78, 5) is 29.8. The van der Waals surface area contributed by atoms with Gasteiger partial charge in [0.15, 0.2) is 6.61 Å². The van der Waals surface area contributed by atoms with Gasteiger partial charge in [-0.1, -0.05) is 23.4 Å². The average molecular weight is 384 g/mol. The second kappa shape index (κ2) is 8.21. The molecule has 1 unspecified atom stereocenters. The molecule has 146 valence electrons. The van der Waals surface area contributed by atoms with E-state index < -0.39 is 17.9 Å². The number of benzene rings is 1. The number of ketones is 1. The molecule has 2 aromatic rings. The first-order valence-corrected chi connectivity index (χ1v) is 8.86. The molecule has 0 aliphatic carbocycles. The number of aryl methyl sites for hydroxylation is 1. The van der Waals surface area contributed by atoms with Crippen molar-refractivity contribution in [1.82, 2.24) is 4.57 Å². The Balaban J connectivity index is 1.57. The lowest BCUT2D eigenvalue weighted by atomic mass is 10.1. The van der Waals surface area contributed by atoms with Crippen molar-refractivity contribution in [2.24, 2.45) is 5.16 Å². The molecule has 0 amide bonds. The fourth-order valence-electron chi connectivity index (χ4n) is 3.14. The van der Waals surface area contributed by atoms with Crippen molar-refractivity contribution < 1.29 is 23.6 Å². The minimum absolute atomic E-state index is 0.157. The third kappa shape index (κ3) is 4.03. The molecule has 0 saturated heterocycles. The second-order valence-electron chi connectivity index (χ2n) is 6.56. The SMILES string of the molecule is C=CCn1c(C)cc(C(=O)COC(=O)C2CC(c3cccc(F)c3)=NO2)c1C. The lowest BCUT2D eigenvalue weighted by Crippen LogP contribution is -2.26. The van der Waals surface area contributed by atoms with Crippen molar-refractivity contribution >= 4 is 17.5 Å². The van der Waals surface area contributed by atoms with Gasteiger partial charge in [0.25, 0.3) is 0 Å². The van der Waals surface area contributed by atoms with E-state index in [1.165, 1.54) is 12.1 Å². The molecule has 1 aromatic heterocycles. The Morgan fingerprint density at radius 3 is 2.89 bits per heavy atom. The maximum Gasteiger partial charge on any atom is 0.351 e. The Bertz CT molecular complexity index is 961. The number of ether oxygens (including phenoxy) is 1. The number of Topliss-reactive ketones (excluding diaryl/α,β-unsaturated/α-hetero) is 1. The van der Waals surface area contributed by atoms with E-state index in [0.29, 0.717) is 23.4 Å². The quantitative estimate of drug-likeness (QED) is 0.417. The zero-order valence-corrected chi connectivity index (χ0v) is 15.8. The van der Waals surface area contributed by atoms with Crippen LogP contribution in [0.15, 0.2) is 48.1 Å². The third-order valence-electron chi connectivity index (χ3n) is 4.62. The van der Waals surface area contributed by atoms with E-state index in [9.17, 15) is 14.0 Å². The first-order valence-electron chi connectivity index (χ1n) is 8.86. The monoisotopic (exact) mass is 384 g/mol. The molecule has 6 nitrogen and oxygen atoms in total. The number of oxime groups is 1. The number of hydrogen-bond acceptors (Lipinski definition) is 5. The highest BCUT2D eigenvalue weighted by Gasteiger charge is 2.31. The van der Waals surface area contributed by atoms with Gasteiger partial charge in [-0.15, -0.1) is 6.58 Å². The summed E-state index contributed by atoms with van der Waals surface area (Å²) in [6, 6.07) is 7.65. The summed E-state index contributed by atoms with van der Waals surface area (Å²) >= 11 is 0. The van der Waals surface area contributed by atoms with Gasteiger partial charge in [0, 0.05) is 35.5 Å². The zero-order chi connectivity index (χ0) is 20.3. The van der Waals surface area contributed by atoms with Crippen LogP contribution in [0.5, 0.6) is 0 Å². The number of halogens is 1. The van der Waals surface area contributed by atoms with E-state index in [2.05, 4.69) is 11.7 Å². The Labute approximate surface area is 162 Å². The van der Waals surface area contributed by atoms with Crippen molar-refractivity contribution in [2.45, 2.75) is 32.9 Å². The van der Waals surface area contributed by atoms with Gasteiger partial charge in [0.1, 0.15) is 5.82 Å². The predicted octanol–water partition coefficient (Wildman–Crippen LogP) is 3.35. The Morgan fingerprint density at radius 1 is 1.39 bits per heavy atom. The van der Waals surface area contributed by atoms with E-state index in [-0.39, 0.29) is 18.8 Å². The summed E-state index contributed by atoms with van der Waals surface area (Å²) in [5, 5.41) is 3.84. The van der Waals surface area contributed by atoms with Crippen LogP contribution >= 0.6 is 0 Å². The minimum atomic E-state index is -0.945. The number of hydrogen-bond donors (Lipinski definition) is 0. The summed E-state index contributed by atoms with van der Waals surface area (Å²) in [7, 11) is 0. The molecular formula is C21H21FN2O4. The Hall–Kier alpha value is -3.22. The lowest BCUT2D eigenvalue weighted by Gasteiger charge is -2.09. The molecule has 1 aliphatic heterocycles. The molecule has 1 atom stereocenters. The van der Waals surface area contributed by atoms with Crippen molar-refractivity contribution in [3.05, 3.63) is 71.3 Å². The highest BCUT2D eigenvalue weighted by Crippen LogP contribution is 2.19. The van der Waals surface area contributed by atoms with E-state index in [4.69, 9.17) is 9.57 Å². The summed E-state index contributed by atoms with van der Waals surface area (Å²) in [6.45, 7) is 7.66. The summed E-state index contributed by atoms with van der Waals surface area (Å²) in [5.74, 6) is -1.37. The third-order valence-corrected chi connectivity index (χ3v) is 4.62. The fourth-order valence-corrected chi connectivity index (χ4v) is 3.14. The molecule has 2 heterocycles. The summed E-state index contributed by atoms with van der Waals surface area (Å²) in [6.07, 6.45) is 0.964. The van der Waals surface area contributed by atoms with Crippen molar-refractivity contribution in [2.75, 3.05) is 6.61 Å². The smallest absolute Gasteiger partial charge is 0.351 e. The molecule has 0 N–H and O–H groups in total. The van der Waals surface area contributed by atoms with Crippen LogP contribution in [0.3, 0.4) is 0 Å². The number of allylic oxidation sites excluding steroid dienone is 1. The van der Waals surface area contributed by atoms with Crippen LogP contribution in [0.2, 0.25) is 0 Å². The number of nitrogens with zero attached hydrogens (tertiary/aromatic N) is 2. The highest BCUT2D eigenvalue weighted by atomic mass is 19.1. The van der Waals surface area contributed by atoms with Crippen LogP contribution in [0.25, 0.3) is 0 Å². The van der Waals surface area contributed by atoms with Crippen molar-refractivity contribution in [3.8, 4) is 0 Å². The first kappa shape index (κ1) is 19.5. The molecule has 0 spiro atoms. The van der Waals surface area contributed by atoms with Crippen LogP contribution in [0.1, 0.15) is 33.7 Å². The van der Waals surface area contributed by atoms with E-state index in [0.717, 1.165) is 11.4 Å². The zero-order valence-electron chi connectivity index (χ0n) is 15.8. The molecule has 0 radical (unpaired) electrons. The molecule has 1 aromatic carbocycles. The summed E-state index contributed by atoms with van der Waals surface area (Å²) < 4.78 is 20.4. The normalized spacial score (nSPS) is 15.7. The van der Waals surface area contributed by atoms with Crippen LogP contribution in [0.4, 0.5) is 4.39 Å². The average Bonchev–Trinajstić information content (AvgIpc) is 3.27. The Morgan fingerprint density at radius 2 is 2.18 bits per heavy atom. The maximum absolute atomic E-state index is 13.3. The van der Waals surface area contributed by atoms with Crippen LogP contribution in [-0.4, -0.2) is 34.7 Å². The number of aromatic nitrogens is 1. The van der Waals surface area contributed by atoms with Crippen LogP contribution in [0, 0.1) is 19.7 Å². The van der Waals surface area contributed by atoms with Gasteiger partial charge in [-0.05, 0) is 32.0 Å². The number of carbonyl (C=O) groups excluding carboxylic acids is 2. The topological polar surface area (TPSA) is 69.9 Å². The van der Waals surface area contributed by atoms with E-state index >= 15 is 0 Å². The van der Waals surface area contributed by atoms with E-state index in [1.54, 1.807) is 24.3 Å². The van der Waals surface area contributed by atoms with Gasteiger partial charge in [0.05, 0.1) is 5.71 Å². The maximum atomic E-state index is 13.3. The largest absolute Gasteiger partial charge is 0.454 e. The number of rotatable bonds is 7. The minimum Gasteiger partial charge on any atom is -0.454 e. The van der Waals surface area contributed by atoms with Crippen LogP contribution < -0.4 is 0 Å². The molecular weight excluding hydrogens is 363 g/mol. The van der Waals surface area contributed by atoms with Crippen LogP contribution in [-0.2, 0) is 20.9 Å². The molecule has 0 fully saturated rings. The van der Waals surface area contributed by atoms with Gasteiger partial charge < -0.3 is 14.1 Å². The number of esters is 1. The van der Waals surface area contributed by atoms with Crippen molar-refractivity contribution in [3.63, 3.8) is 0 Å². The standard InChI is InChI=1S/C21H21FN2O4/c1-4-8-24-13(2)9-17(14(24)3)19(25)12-27-21(26)20-11-18(23-28-20)15-6-5-7-16(22)10-15/h4-7,9-10,20H,1,8,11-12H2,2-3H3. The molecule has 3 rings (SSSR count). The molecule has 0 bridgehead atoms. The molecule has 28 heavy (non-hydrogen) atoms. The lowest BCUT2D eigenvalue weighted by molar-refractivity contribution is -0.154. The number of carbonyl (C=O) groups is 2. The fraction of sp³-hybridized carbons (Fsp3) is 0.286. The van der Waals surface area contributed by atoms with Gasteiger partial charge in [-0.2, -0.15) is 0 Å². The van der Waals surface area contributed by atoms with Gasteiger partial charge in [-0.3, -0.25) is 4.79 Å². The Kier molecular flexibility index (Phi) is 5.73. The molecule has 0 saturated carbocycles.